The highest BCUT2D eigenvalue weighted by atomic mass is 16.7. The normalized spacial score (nSPS) is 39.6. The van der Waals surface area contributed by atoms with Gasteiger partial charge in [0.1, 0.15) is 48.8 Å². The third kappa shape index (κ3) is 8.04. The molecule has 2 fully saturated rings. The largest absolute Gasteiger partial charge is 0.394 e. The van der Waals surface area contributed by atoms with E-state index < -0.39 is 74.6 Å². The molecule has 0 spiro atoms. The van der Waals surface area contributed by atoms with Gasteiger partial charge in [0.25, 0.3) is 0 Å². The van der Waals surface area contributed by atoms with Crippen molar-refractivity contribution in [3.05, 3.63) is 0 Å². The van der Waals surface area contributed by atoms with Gasteiger partial charge in [0, 0.05) is 6.61 Å². The molecule has 0 aliphatic carbocycles. The minimum atomic E-state index is -1.69. The van der Waals surface area contributed by atoms with Gasteiger partial charge >= 0.3 is 0 Å². The minimum absolute atomic E-state index is 0.319. The molecule has 2 aliphatic heterocycles. The number of aliphatic hydroxyl groups is 7. The quantitative estimate of drug-likeness (QED) is 0.147. The maximum atomic E-state index is 10.6. The average Bonchev–Trinajstić information content (AvgIpc) is 2.82. The molecule has 2 rings (SSSR count). The Balaban J connectivity index is 1.82. The molecule has 0 saturated carbocycles. The number of aliphatic hydroxyl groups excluding tert-OH is 7. The molecule has 196 valence electrons. The van der Waals surface area contributed by atoms with Crippen LogP contribution in [-0.2, 0) is 18.9 Å². The van der Waals surface area contributed by atoms with Crippen molar-refractivity contribution in [1.29, 1.82) is 0 Å². The first-order valence-corrected chi connectivity index (χ1v) is 12.1. The van der Waals surface area contributed by atoms with Crippen LogP contribution in [0.2, 0.25) is 0 Å². The zero-order chi connectivity index (χ0) is 24.4. The predicted molar refractivity (Wildman–Crippen MR) is 115 cm³/mol. The Labute approximate surface area is 194 Å². The van der Waals surface area contributed by atoms with Crippen LogP contribution in [0, 0.1) is 0 Å². The summed E-state index contributed by atoms with van der Waals surface area (Å²) >= 11 is 0. The molecule has 0 aromatic carbocycles. The van der Waals surface area contributed by atoms with E-state index in [0.29, 0.717) is 6.61 Å². The first-order chi connectivity index (χ1) is 15.8. The molecule has 0 radical (unpaired) electrons. The van der Waals surface area contributed by atoms with Gasteiger partial charge in [-0.15, -0.1) is 0 Å². The third-order valence-corrected chi connectivity index (χ3v) is 6.24. The van der Waals surface area contributed by atoms with Crippen LogP contribution in [0.1, 0.15) is 58.3 Å². The molecule has 0 amide bonds. The summed E-state index contributed by atoms with van der Waals surface area (Å²) in [5, 5.41) is 69.9. The van der Waals surface area contributed by atoms with Crippen molar-refractivity contribution in [2.45, 2.75) is 120 Å². The zero-order valence-corrected chi connectivity index (χ0v) is 19.3. The lowest BCUT2D eigenvalue weighted by Gasteiger charge is -2.45. The molecule has 33 heavy (non-hydrogen) atoms. The van der Waals surface area contributed by atoms with Gasteiger partial charge in [-0.3, -0.25) is 0 Å². The van der Waals surface area contributed by atoms with Gasteiger partial charge in [0.2, 0.25) is 0 Å². The first kappa shape index (κ1) is 28.8. The minimum Gasteiger partial charge on any atom is -0.394 e. The second-order valence-corrected chi connectivity index (χ2v) is 8.85. The molecule has 7 N–H and O–H groups in total. The van der Waals surface area contributed by atoms with E-state index in [1.807, 2.05) is 0 Å². The summed E-state index contributed by atoms with van der Waals surface area (Å²) in [4.78, 5) is 0. The van der Waals surface area contributed by atoms with Gasteiger partial charge in [-0.1, -0.05) is 51.9 Å². The SMILES string of the molecule is CCCCCCCCCCO[C@@H]1O[C@@H](CO)[C@@H](O[C@H]2O[C@H](CO)[C@@H](O)[C@@H](O)[C@H]2O)[C@@H](O)[C@H]1O. The summed E-state index contributed by atoms with van der Waals surface area (Å²) in [6.45, 7) is 1.28. The summed E-state index contributed by atoms with van der Waals surface area (Å²) in [6.07, 6.45) is -5.35. The van der Waals surface area contributed by atoms with Gasteiger partial charge in [0.15, 0.2) is 12.6 Å². The third-order valence-electron chi connectivity index (χ3n) is 6.24. The Hall–Kier alpha value is -0.440. The van der Waals surface area contributed by atoms with Crippen LogP contribution in [0.25, 0.3) is 0 Å². The van der Waals surface area contributed by atoms with E-state index in [0.717, 1.165) is 19.3 Å². The van der Waals surface area contributed by atoms with E-state index in [1.165, 1.54) is 32.1 Å². The Morgan fingerprint density at radius 3 is 1.76 bits per heavy atom. The van der Waals surface area contributed by atoms with Gasteiger partial charge in [-0.05, 0) is 6.42 Å². The van der Waals surface area contributed by atoms with Crippen LogP contribution in [0.4, 0.5) is 0 Å². The maximum Gasteiger partial charge on any atom is 0.187 e. The lowest BCUT2D eigenvalue weighted by molar-refractivity contribution is -0.359. The highest BCUT2D eigenvalue weighted by molar-refractivity contribution is 4.94. The average molecular weight is 483 g/mol. The molecule has 0 bridgehead atoms. The summed E-state index contributed by atoms with van der Waals surface area (Å²) in [5.41, 5.74) is 0. The number of hydrogen-bond donors (Lipinski definition) is 7. The van der Waals surface area contributed by atoms with E-state index >= 15 is 0 Å². The molecule has 0 aromatic heterocycles. The van der Waals surface area contributed by atoms with Gasteiger partial charge in [0.05, 0.1) is 13.2 Å². The van der Waals surface area contributed by atoms with Crippen molar-refractivity contribution in [3.8, 4) is 0 Å². The van der Waals surface area contributed by atoms with Crippen LogP contribution in [0.3, 0.4) is 0 Å². The van der Waals surface area contributed by atoms with Crippen molar-refractivity contribution >= 4 is 0 Å². The van der Waals surface area contributed by atoms with E-state index in [9.17, 15) is 35.7 Å². The number of ether oxygens (including phenoxy) is 4. The van der Waals surface area contributed by atoms with Crippen LogP contribution >= 0.6 is 0 Å². The first-order valence-electron chi connectivity index (χ1n) is 12.1. The van der Waals surface area contributed by atoms with Crippen LogP contribution in [-0.4, -0.2) is 117 Å². The molecule has 2 saturated heterocycles. The maximum absolute atomic E-state index is 10.6. The molecule has 0 aromatic rings. The molecule has 11 heteroatoms. The standard InChI is InChI=1S/C22H42O11/c1-2-3-4-5-6-7-8-9-10-30-21-19(29)17(27)20(14(12-24)32-21)33-22-18(28)16(26)15(25)13(11-23)31-22/h13-29H,2-12H2,1H3/t13-,14+,15-,16-,17+,18-,19-,20-,21-,22-/m1/s1. The Morgan fingerprint density at radius 1 is 0.606 bits per heavy atom. The molecule has 0 unspecified atom stereocenters. The lowest BCUT2D eigenvalue weighted by atomic mass is 9.97. The highest BCUT2D eigenvalue weighted by Crippen LogP contribution is 2.29. The Morgan fingerprint density at radius 2 is 1.15 bits per heavy atom. The van der Waals surface area contributed by atoms with E-state index in [2.05, 4.69) is 6.92 Å². The fraction of sp³-hybridized carbons (Fsp3) is 1.00. The van der Waals surface area contributed by atoms with Crippen LogP contribution in [0.5, 0.6) is 0 Å². The molecule has 11 nitrogen and oxygen atoms in total. The van der Waals surface area contributed by atoms with Crippen molar-refractivity contribution in [3.63, 3.8) is 0 Å². The molecule has 10 atom stereocenters. The monoisotopic (exact) mass is 482 g/mol. The summed E-state index contributed by atoms with van der Waals surface area (Å²) in [6, 6.07) is 0. The second-order valence-electron chi connectivity index (χ2n) is 8.85. The van der Waals surface area contributed by atoms with Gasteiger partial charge < -0.3 is 54.7 Å². The Kier molecular flexibility index (Phi) is 13.0. The smallest absolute Gasteiger partial charge is 0.187 e. The van der Waals surface area contributed by atoms with Crippen LogP contribution < -0.4 is 0 Å². The second kappa shape index (κ2) is 14.8. The van der Waals surface area contributed by atoms with Crippen molar-refractivity contribution in [2.75, 3.05) is 19.8 Å². The van der Waals surface area contributed by atoms with E-state index in [-0.39, 0.29) is 0 Å². The fourth-order valence-electron chi connectivity index (χ4n) is 4.13. The Bertz CT molecular complexity index is 521. The van der Waals surface area contributed by atoms with E-state index in [1.54, 1.807) is 0 Å². The fourth-order valence-corrected chi connectivity index (χ4v) is 4.13. The number of hydrogen-bond acceptors (Lipinski definition) is 11. The van der Waals surface area contributed by atoms with Crippen molar-refractivity contribution < 1.29 is 54.7 Å². The zero-order valence-electron chi connectivity index (χ0n) is 19.3. The highest BCUT2D eigenvalue weighted by Gasteiger charge is 2.50. The summed E-state index contributed by atoms with van der Waals surface area (Å²) < 4.78 is 22.0. The van der Waals surface area contributed by atoms with Crippen LogP contribution in [0.15, 0.2) is 0 Å². The molecule has 2 heterocycles. The predicted octanol–water partition coefficient (Wildman–Crippen LogP) is -1.23. The number of unbranched alkanes of at least 4 members (excludes halogenated alkanes) is 7. The summed E-state index contributed by atoms with van der Waals surface area (Å²) in [5.74, 6) is 0. The molecular weight excluding hydrogens is 440 g/mol. The summed E-state index contributed by atoms with van der Waals surface area (Å²) in [7, 11) is 0. The molecule has 2 aliphatic rings. The lowest BCUT2D eigenvalue weighted by Crippen LogP contribution is -2.64. The van der Waals surface area contributed by atoms with Gasteiger partial charge in [-0.2, -0.15) is 0 Å². The van der Waals surface area contributed by atoms with Crippen molar-refractivity contribution in [2.24, 2.45) is 0 Å². The number of rotatable bonds is 14. The van der Waals surface area contributed by atoms with Gasteiger partial charge in [-0.25, -0.2) is 0 Å². The molecular formula is C22H42O11. The van der Waals surface area contributed by atoms with E-state index in [4.69, 9.17) is 18.9 Å². The topological polar surface area (TPSA) is 179 Å². The van der Waals surface area contributed by atoms with Crippen molar-refractivity contribution in [1.82, 2.24) is 0 Å².